The van der Waals surface area contributed by atoms with Gasteiger partial charge in [0.2, 0.25) is 0 Å². The Kier molecular flexibility index (Phi) is 3.62. The number of rotatable bonds is 2. The third-order valence-corrected chi connectivity index (χ3v) is 4.81. The summed E-state index contributed by atoms with van der Waals surface area (Å²) in [5.74, 6) is 0.562. The van der Waals surface area contributed by atoms with Gasteiger partial charge in [-0.25, -0.2) is 0 Å². The number of benzene rings is 2. The molecule has 2 aromatic rings. The van der Waals surface area contributed by atoms with E-state index in [1.165, 1.54) is 40.7 Å². The van der Waals surface area contributed by atoms with E-state index in [9.17, 15) is 0 Å². The highest BCUT2D eigenvalue weighted by molar-refractivity contribution is 5.34. The van der Waals surface area contributed by atoms with Crippen molar-refractivity contribution >= 4 is 0 Å². The molecule has 2 N–H and O–H groups in total. The summed E-state index contributed by atoms with van der Waals surface area (Å²) in [6.07, 6.45) is 3.48. The summed E-state index contributed by atoms with van der Waals surface area (Å²) in [6.45, 7) is 4.32. The number of hydrogen-bond donors (Lipinski definition) is 1. The van der Waals surface area contributed by atoms with E-state index in [4.69, 9.17) is 5.73 Å². The predicted molar refractivity (Wildman–Crippen MR) is 84.8 cm³/mol. The zero-order valence-corrected chi connectivity index (χ0v) is 12.4. The van der Waals surface area contributed by atoms with Gasteiger partial charge in [0.05, 0.1) is 0 Å². The topological polar surface area (TPSA) is 26.0 Å². The van der Waals surface area contributed by atoms with Crippen molar-refractivity contribution in [3.63, 3.8) is 0 Å². The first-order valence-corrected chi connectivity index (χ1v) is 7.54. The minimum atomic E-state index is 0.155. The molecule has 0 spiro atoms. The lowest BCUT2D eigenvalue weighted by Gasteiger charge is -2.30. The molecular formula is C19H23N. The summed E-state index contributed by atoms with van der Waals surface area (Å²) < 4.78 is 0. The molecule has 0 aliphatic heterocycles. The van der Waals surface area contributed by atoms with Gasteiger partial charge in [0, 0.05) is 6.04 Å². The van der Waals surface area contributed by atoms with E-state index in [2.05, 4.69) is 56.3 Å². The third-order valence-electron chi connectivity index (χ3n) is 4.81. The molecule has 2 atom stereocenters. The van der Waals surface area contributed by atoms with Crippen LogP contribution in [-0.2, 0) is 12.8 Å². The molecule has 0 aromatic heterocycles. The Morgan fingerprint density at radius 2 is 1.75 bits per heavy atom. The molecule has 2 unspecified atom stereocenters. The van der Waals surface area contributed by atoms with Gasteiger partial charge in [-0.1, -0.05) is 42.5 Å². The Hall–Kier alpha value is -1.60. The minimum Gasteiger partial charge on any atom is -0.324 e. The zero-order valence-electron chi connectivity index (χ0n) is 12.4. The molecule has 1 aliphatic rings. The minimum absolute atomic E-state index is 0.155. The Morgan fingerprint density at radius 1 is 1.00 bits per heavy atom. The Labute approximate surface area is 121 Å². The van der Waals surface area contributed by atoms with E-state index in [0.717, 1.165) is 6.42 Å². The monoisotopic (exact) mass is 265 g/mol. The number of aryl methyl sites for hydroxylation is 3. The van der Waals surface area contributed by atoms with Gasteiger partial charge >= 0.3 is 0 Å². The van der Waals surface area contributed by atoms with Crippen LogP contribution in [-0.4, -0.2) is 0 Å². The molecule has 1 heteroatoms. The van der Waals surface area contributed by atoms with Crippen molar-refractivity contribution in [3.05, 3.63) is 70.3 Å². The van der Waals surface area contributed by atoms with Crippen LogP contribution in [0.3, 0.4) is 0 Å². The molecule has 0 saturated heterocycles. The normalized spacial score (nSPS) is 19.4. The van der Waals surface area contributed by atoms with Gasteiger partial charge in [-0.3, -0.25) is 0 Å². The molecule has 0 fully saturated rings. The van der Waals surface area contributed by atoms with Gasteiger partial charge in [-0.2, -0.15) is 0 Å². The maximum absolute atomic E-state index is 6.55. The van der Waals surface area contributed by atoms with E-state index in [1.807, 2.05) is 0 Å². The smallest absolute Gasteiger partial charge is 0.0326 e. The van der Waals surface area contributed by atoms with Crippen LogP contribution < -0.4 is 5.73 Å². The molecule has 0 saturated carbocycles. The molecular weight excluding hydrogens is 242 g/mol. The van der Waals surface area contributed by atoms with E-state index >= 15 is 0 Å². The van der Waals surface area contributed by atoms with Crippen molar-refractivity contribution in [1.29, 1.82) is 0 Å². The van der Waals surface area contributed by atoms with Crippen LogP contribution in [0.5, 0.6) is 0 Å². The zero-order chi connectivity index (χ0) is 14.1. The summed E-state index contributed by atoms with van der Waals surface area (Å²) in [4.78, 5) is 0. The fourth-order valence-electron chi connectivity index (χ4n) is 3.28. The third kappa shape index (κ3) is 2.51. The fourth-order valence-corrected chi connectivity index (χ4v) is 3.28. The van der Waals surface area contributed by atoms with Crippen molar-refractivity contribution < 1.29 is 0 Å². The maximum atomic E-state index is 6.55. The van der Waals surface area contributed by atoms with E-state index in [0.29, 0.717) is 5.92 Å². The highest BCUT2D eigenvalue weighted by Crippen LogP contribution is 2.33. The van der Waals surface area contributed by atoms with Crippen LogP contribution in [0, 0.1) is 19.8 Å². The summed E-state index contributed by atoms with van der Waals surface area (Å²) >= 11 is 0. The highest BCUT2D eigenvalue weighted by Gasteiger charge is 2.24. The average molecular weight is 265 g/mol. The van der Waals surface area contributed by atoms with Crippen LogP contribution in [0.4, 0.5) is 0 Å². The van der Waals surface area contributed by atoms with E-state index in [-0.39, 0.29) is 6.04 Å². The second-order valence-corrected chi connectivity index (χ2v) is 6.14. The molecule has 104 valence electrons. The molecule has 0 heterocycles. The standard InChI is InChI=1S/C19H23N/c1-13-7-8-17(11-14(13)2)19(20)18-10-9-15-5-3-4-6-16(15)12-18/h3-8,11,18-19H,9-10,12,20H2,1-2H3. The lowest BCUT2D eigenvalue weighted by molar-refractivity contribution is 0.382. The SMILES string of the molecule is Cc1ccc(C(N)C2CCc3ccccc3C2)cc1C. The van der Waals surface area contributed by atoms with Crippen molar-refractivity contribution in [2.24, 2.45) is 11.7 Å². The molecule has 20 heavy (non-hydrogen) atoms. The van der Waals surface area contributed by atoms with Gasteiger partial charge in [0.1, 0.15) is 0 Å². The van der Waals surface area contributed by atoms with Gasteiger partial charge < -0.3 is 5.73 Å². The van der Waals surface area contributed by atoms with Crippen molar-refractivity contribution in [2.45, 2.75) is 39.2 Å². The van der Waals surface area contributed by atoms with E-state index < -0.39 is 0 Å². The first kappa shape index (κ1) is 13.4. The molecule has 1 nitrogen and oxygen atoms in total. The summed E-state index contributed by atoms with van der Waals surface area (Å²) in [6, 6.07) is 15.6. The number of nitrogens with two attached hydrogens (primary N) is 1. The van der Waals surface area contributed by atoms with Crippen molar-refractivity contribution in [3.8, 4) is 0 Å². The second kappa shape index (κ2) is 5.41. The number of fused-ring (bicyclic) bond motifs is 1. The van der Waals surface area contributed by atoms with Gasteiger partial charge in [-0.15, -0.1) is 0 Å². The molecule has 1 aliphatic carbocycles. The molecule has 0 amide bonds. The molecule has 3 rings (SSSR count). The van der Waals surface area contributed by atoms with Crippen LogP contribution >= 0.6 is 0 Å². The van der Waals surface area contributed by atoms with Gasteiger partial charge in [-0.05, 0) is 66.8 Å². The highest BCUT2D eigenvalue weighted by atomic mass is 14.7. The van der Waals surface area contributed by atoms with Gasteiger partial charge in [0.25, 0.3) is 0 Å². The Morgan fingerprint density at radius 3 is 2.50 bits per heavy atom. The predicted octanol–water partition coefficient (Wildman–Crippen LogP) is 4.11. The first-order chi connectivity index (χ1) is 9.65. The van der Waals surface area contributed by atoms with E-state index in [1.54, 1.807) is 0 Å². The van der Waals surface area contributed by atoms with Gasteiger partial charge in [0.15, 0.2) is 0 Å². The largest absolute Gasteiger partial charge is 0.324 e. The van der Waals surface area contributed by atoms with Crippen LogP contribution in [0.1, 0.15) is 40.3 Å². The Bertz CT molecular complexity index is 615. The summed E-state index contributed by atoms with van der Waals surface area (Å²) in [5, 5.41) is 0. The van der Waals surface area contributed by atoms with Crippen LogP contribution in [0.2, 0.25) is 0 Å². The van der Waals surface area contributed by atoms with Crippen LogP contribution in [0.15, 0.2) is 42.5 Å². The van der Waals surface area contributed by atoms with Crippen LogP contribution in [0.25, 0.3) is 0 Å². The van der Waals surface area contributed by atoms with Crippen molar-refractivity contribution in [1.82, 2.24) is 0 Å². The number of hydrogen-bond acceptors (Lipinski definition) is 1. The lowest BCUT2D eigenvalue weighted by atomic mass is 9.78. The first-order valence-electron chi connectivity index (χ1n) is 7.54. The Balaban J connectivity index is 1.82. The fraction of sp³-hybridized carbons (Fsp3) is 0.368. The average Bonchev–Trinajstić information content (AvgIpc) is 2.49. The maximum Gasteiger partial charge on any atom is 0.0326 e. The summed E-state index contributed by atoms with van der Waals surface area (Å²) in [7, 11) is 0. The summed E-state index contributed by atoms with van der Waals surface area (Å²) in [5.41, 5.74) is 13.5. The molecule has 0 radical (unpaired) electrons. The molecule has 2 aromatic carbocycles. The molecule has 0 bridgehead atoms. The second-order valence-electron chi connectivity index (χ2n) is 6.14. The van der Waals surface area contributed by atoms with Crippen molar-refractivity contribution in [2.75, 3.05) is 0 Å². The quantitative estimate of drug-likeness (QED) is 0.869. The lowest BCUT2D eigenvalue weighted by Crippen LogP contribution is -2.27.